The summed E-state index contributed by atoms with van der Waals surface area (Å²) in [4.78, 5) is 12.6. The number of nitrogens with zero attached hydrogens (tertiary/aromatic N) is 1. The molecule has 2 heterocycles. The van der Waals surface area contributed by atoms with E-state index in [1.807, 2.05) is 42.5 Å². The van der Waals surface area contributed by atoms with E-state index in [4.69, 9.17) is 15.2 Å². The summed E-state index contributed by atoms with van der Waals surface area (Å²) >= 11 is 0. The highest BCUT2D eigenvalue weighted by molar-refractivity contribution is 6.05. The van der Waals surface area contributed by atoms with Crippen molar-refractivity contribution in [2.45, 2.75) is 13.5 Å². The van der Waals surface area contributed by atoms with Crippen molar-refractivity contribution in [3.63, 3.8) is 0 Å². The highest BCUT2D eigenvalue weighted by atomic mass is 16.7. The van der Waals surface area contributed by atoms with Crippen LogP contribution in [0.1, 0.15) is 17.3 Å². The highest BCUT2D eigenvalue weighted by Crippen LogP contribution is 2.36. The number of carbonyl (C=O) groups excluding carboxylic acids is 1. The van der Waals surface area contributed by atoms with Crippen LogP contribution in [-0.4, -0.2) is 17.3 Å². The molecule has 1 aromatic heterocycles. The van der Waals surface area contributed by atoms with Crippen molar-refractivity contribution >= 4 is 28.2 Å². The van der Waals surface area contributed by atoms with Gasteiger partial charge in [0.1, 0.15) is 0 Å². The second-order valence-electron chi connectivity index (χ2n) is 7.12. The molecule has 5 rings (SSSR count). The predicted molar refractivity (Wildman–Crippen MR) is 118 cm³/mol. The molecule has 0 fully saturated rings. The normalized spacial score (nSPS) is 12.3. The average Bonchev–Trinajstić information content (AvgIpc) is 3.36. The Morgan fingerprint density at radius 2 is 1.80 bits per heavy atom. The average molecular weight is 399 g/mol. The van der Waals surface area contributed by atoms with E-state index in [9.17, 15) is 4.79 Å². The smallest absolute Gasteiger partial charge is 0.255 e. The Morgan fingerprint density at radius 3 is 2.60 bits per heavy atom. The van der Waals surface area contributed by atoms with Gasteiger partial charge in [-0.3, -0.25) is 4.79 Å². The molecule has 1 amide bonds. The van der Waals surface area contributed by atoms with E-state index in [1.54, 1.807) is 18.2 Å². The number of hydrogen-bond donors (Lipinski definition) is 2. The second-order valence-corrected chi connectivity index (χ2v) is 7.12. The molecule has 3 N–H and O–H groups in total. The Balaban J connectivity index is 1.42. The lowest BCUT2D eigenvalue weighted by Crippen LogP contribution is -2.11. The van der Waals surface area contributed by atoms with Gasteiger partial charge in [0.2, 0.25) is 6.79 Å². The molecule has 0 bridgehead atoms. The summed E-state index contributed by atoms with van der Waals surface area (Å²) < 4.78 is 12.8. The maximum atomic E-state index is 12.6. The fraction of sp³-hybridized carbons (Fsp3) is 0.125. The van der Waals surface area contributed by atoms with Gasteiger partial charge in [-0.15, -0.1) is 0 Å². The summed E-state index contributed by atoms with van der Waals surface area (Å²) in [6.07, 6.45) is 0. The van der Waals surface area contributed by atoms with Gasteiger partial charge in [0.25, 0.3) is 5.91 Å². The van der Waals surface area contributed by atoms with Crippen molar-refractivity contribution in [1.82, 2.24) is 4.57 Å². The van der Waals surface area contributed by atoms with Gasteiger partial charge in [-0.1, -0.05) is 30.3 Å². The molecule has 3 aromatic carbocycles. The van der Waals surface area contributed by atoms with Crippen molar-refractivity contribution < 1.29 is 14.3 Å². The van der Waals surface area contributed by atoms with Gasteiger partial charge < -0.3 is 25.1 Å². The zero-order valence-electron chi connectivity index (χ0n) is 16.5. The van der Waals surface area contributed by atoms with Crippen LogP contribution in [0.2, 0.25) is 0 Å². The van der Waals surface area contributed by atoms with Crippen LogP contribution in [0.5, 0.6) is 11.5 Å². The quantitative estimate of drug-likeness (QED) is 0.512. The summed E-state index contributed by atoms with van der Waals surface area (Å²) in [6, 6.07) is 21.0. The molecule has 30 heavy (non-hydrogen) atoms. The molecule has 6 heteroatoms. The lowest BCUT2D eigenvalue weighted by atomic mass is 10.1. The van der Waals surface area contributed by atoms with Crippen molar-refractivity contribution in [2.75, 3.05) is 17.8 Å². The number of aryl methyl sites for hydroxylation is 1. The Bertz CT molecular complexity index is 1260. The number of anilines is 2. The first kappa shape index (κ1) is 18.1. The first-order chi connectivity index (χ1) is 14.7. The topological polar surface area (TPSA) is 78.5 Å². The summed E-state index contributed by atoms with van der Waals surface area (Å²) in [6.45, 7) is 3.10. The lowest BCUT2D eigenvalue weighted by Gasteiger charge is -2.11. The van der Waals surface area contributed by atoms with Crippen molar-refractivity contribution in [1.29, 1.82) is 0 Å². The van der Waals surface area contributed by atoms with Gasteiger partial charge in [0.15, 0.2) is 11.5 Å². The van der Waals surface area contributed by atoms with Crippen LogP contribution in [0, 0.1) is 0 Å². The van der Waals surface area contributed by atoms with Gasteiger partial charge in [-0.05, 0) is 43.3 Å². The molecule has 0 spiro atoms. The number of benzene rings is 3. The third kappa shape index (κ3) is 2.93. The molecular formula is C24H21N3O3. The minimum absolute atomic E-state index is 0.180. The van der Waals surface area contributed by atoms with Gasteiger partial charge in [-0.25, -0.2) is 0 Å². The molecule has 0 radical (unpaired) electrons. The van der Waals surface area contributed by atoms with Crippen LogP contribution in [-0.2, 0) is 6.54 Å². The number of nitrogen functional groups attached to an aromatic ring is 1. The molecule has 1 aliphatic heterocycles. The second kappa shape index (κ2) is 7.15. The molecule has 0 saturated carbocycles. The number of para-hydroxylation sites is 1. The number of aromatic nitrogens is 1. The van der Waals surface area contributed by atoms with Crippen LogP contribution in [0.3, 0.4) is 0 Å². The molecule has 4 aromatic rings. The van der Waals surface area contributed by atoms with Gasteiger partial charge in [0.05, 0.1) is 16.9 Å². The molecular weight excluding hydrogens is 378 g/mol. The Hall–Kier alpha value is -3.93. The molecule has 6 nitrogen and oxygen atoms in total. The van der Waals surface area contributed by atoms with E-state index in [-0.39, 0.29) is 12.7 Å². The third-order valence-corrected chi connectivity index (χ3v) is 5.38. The van der Waals surface area contributed by atoms with E-state index >= 15 is 0 Å². The number of rotatable bonds is 4. The van der Waals surface area contributed by atoms with E-state index in [2.05, 4.69) is 22.9 Å². The van der Waals surface area contributed by atoms with Crippen LogP contribution in [0.25, 0.3) is 22.2 Å². The largest absolute Gasteiger partial charge is 0.454 e. The lowest BCUT2D eigenvalue weighted by molar-refractivity contribution is 0.102. The van der Waals surface area contributed by atoms with E-state index in [0.717, 1.165) is 34.4 Å². The molecule has 0 unspecified atom stereocenters. The van der Waals surface area contributed by atoms with Crippen LogP contribution >= 0.6 is 0 Å². The maximum absolute atomic E-state index is 12.6. The zero-order chi connectivity index (χ0) is 20.7. The minimum atomic E-state index is -0.205. The van der Waals surface area contributed by atoms with Gasteiger partial charge in [0, 0.05) is 28.7 Å². The first-order valence-corrected chi connectivity index (χ1v) is 9.84. The van der Waals surface area contributed by atoms with Gasteiger partial charge in [-0.2, -0.15) is 0 Å². The number of nitrogens with two attached hydrogens (primary N) is 1. The summed E-state index contributed by atoms with van der Waals surface area (Å²) in [5.74, 6) is 1.03. The van der Waals surface area contributed by atoms with E-state index in [0.29, 0.717) is 22.7 Å². The third-order valence-electron chi connectivity index (χ3n) is 5.38. The van der Waals surface area contributed by atoms with Crippen LogP contribution in [0.4, 0.5) is 11.4 Å². The maximum Gasteiger partial charge on any atom is 0.255 e. The number of ether oxygens (including phenoxy) is 2. The molecule has 150 valence electrons. The molecule has 0 saturated heterocycles. The molecule has 0 atom stereocenters. The number of hydrogen-bond acceptors (Lipinski definition) is 4. The Labute approximate surface area is 173 Å². The standard InChI is InChI=1S/C24H21N3O3/c1-2-27-19-6-4-3-5-18(19)22(25)23(27)15-7-10-17(11-8-15)26-24(28)16-9-12-20-21(13-16)30-14-29-20/h3-13H,2,14,25H2,1H3,(H,26,28). The predicted octanol–water partition coefficient (Wildman–Crippen LogP) is 4.89. The van der Waals surface area contributed by atoms with Crippen molar-refractivity contribution in [3.8, 4) is 22.8 Å². The first-order valence-electron chi connectivity index (χ1n) is 9.84. The minimum Gasteiger partial charge on any atom is -0.454 e. The summed E-state index contributed by atoms with van der Waals surface area (Å²) in [5, 5.41) is 3.98. The Morgan fingerprint density at radius 1 is 1.03 bits per heavy atom. The zero-order valence-corrected chi connectivity index (χ0v) is 16.5. The Kier molecular flexibility index (Phi) is 4.32. The molecule has 1 aliphatic rings. The van der Waals surface area contributed by atoms with E-state index in [1.165, 1.54) is 0 Å². The van der Waals surface area contributed by atoms with Gasteiger partial charge >= 0.3 is 0 Å². The number of carbonyl (C=O) groups is 1. The van der Waals surface area contributed by atoms with E-state index < -0.39 is 0 Å². The summed E-state index contributed by atoms with van der Waals surface area (Å²) in [7, 11) is 0. The van der Waals surface area contributed by atoms with Crippen LogP contribution < -0.4 is 20.5 Å². The highest BCUT2D eigenvalue weighted by Gasteiger charge is 2.17. The summed E-state index contributed by atoms with van der Waals surface area (Å²) in [5.41, 5.74) is 11.6. The molecule has 0 aliphatic carbocycles. The number of fused-ring (bicyclic) bond motifs is 2. The van der Waals surface area contributed by atoms with Crippen LogP contribution in [0.15, 0.2) is 66.7 Å². The fourth-order valence-electron chi connectivity index (χ4n) is 3.92. The fourth-order valence-corrected chi connectivity index (χ4v) is 3.92. The van der Waals surface area contributed by atoms with Crippen molar-refractivity contribution in [2.24, 2.45) is 0 Å². The number of amides is 1. The van der Waals surface area contributed by atoms with Crippen molar-refractivity contribution in [3.05, 3.63) is 72.3 Å². The monoisotopic (exact) mass is 399 g/mol. The SMILES string of the molecule is CCn1c(-c2ccc(NC(=O)c3ccc4c(c3)OCO4)cc2)c(N)c2ccccc21. The number of nitrogens with one attached hydrogen (secondary N) is 1.